The summed E-state index contributed by atoms with van der Waals surface area (Å²) >= 11 is 0. The molecule has 0 spiro atoms. The number of amides is 1. The minimum atomic E-state index is -0.165. The van der Waals surface area contributed by atoms with E-state index in [0.29, 0.717) is 0 Å². The van der Waals surface area contributed by atoms with Gasteiger partial charge < -0.3 is 15.4 Å². The van der Waals surface area contributed by atoms with Gasteiger partial charge in [0.05, 0.1) is 12.1 Å². The number of benzene rings is 1. The number of hydrogen-bond donors (Lipinski definition) is 2. The van der Waals surface area contributed by atoms with Gasteiger partial charge in [-0.25, -0.2) is 0 Å². The van der Waals surface area contributed by atoms with Crippen LogP contribution < -0.4 is 10.6 Å². The van der Waals surface area contributed by atoms with Crippen molar-refractivity contribution >= 4 is 11.6 Å². The van der Waals surface area contributed by atoms with Gasteiger partial charge in [-0.1, -0.05) is 32.9 Å². The predicted octanol–water partition coefficient (Wildman–Crippen LogP) is 2.30. The molecule has 1 aromatic carbocycles. The second-order valence-corrected chi connectivity index (χ2v) is 6.37. The Morgan fingerprint density at radius 2 is 1.95 bits per heavy atom. The fraction of sp³-hybridized carbons (Fsp3) is 0.562. The van der Waals surface area contributed by atoms with Crippen LogP contribution in [0, 0.1) is 0 Å². The van der Waals surface area contributed by atoms with Crippen LogP contribution in [0.2, 0.25) is 0 Å². The monoisotopic (exact) mass is 276 g/mol. The number of hydrogen-bond acceptors (Lipinski definition) is 3. The lowest BCUT2D eigenvalue weighted by atomic mass is 9.87. The van der Waals surface area contributed by atoms with Crippen molar-refractivity contribution in [1.82, 2.24) is 5.32 Å². The third kappa shape index (κ3) is 3.58. The number of anilines is 1. The van der Waals surface area contributed by atoms with Crippen molar-refractivity contribution in [2.24, 2.45) is 0 Å². The molecule has 1 heterocycles. The zero-order valence-corrected chi connectivity index (χ0v) is 12.7. The Labute approximate surface area is 120 Å². The predicted molar refractivity (Wildman–Crippen MR) is 81.0 cm³/mol. The number of carbonyl (C=O) groups is 1. The molecule has 1 fully saturated rings. The van der Waals surface area contributed by atoms with Crippen molar-refractivity contribution in [2.75, 3.05) is 19.0 Å². The van der Waals surface area contributed by atoms with E-state index in [0.717, 1.165) is 18.7 Å². The maximum absolute atomic E-state index is 12.1. The number of ether oxygens (including phenoxy) is 1. The van der Waals surface area contributed by atoms with E-state index >= 15 is 0 Å². The summed E-state index contributed by atoms with van der Waals surface area (Å²) in [6.45, 7) is 7.26. The molecule has 2 atom stereocenters. The lowest BCUT2D eigenvalue weighted by Crippen LogP contribution is -2.35. The SMILES string of the molecule is COC1CNC(C(=O)Nc2ccc(C(C)(C)C)cc2)C1. The second-order valence-electron chi connectivity index (χ2n) is 6.37. The van der Waals surface area contributed by atoms with Crippen molar-refractivity contribution in [2.45, 2.75) is 44.8 Å². The molecule has 1 aliphatic rings. The van der Waals surface area contributed by atoms with E-state index in [4.69, 9.17) is 4.74 Å². The molecular formula is C16H24N2O2. The van der Waals surface area contributed by atoms with Crippen molar-refractivity contribution in [3.05, 3.63) is 29.8 Å². The first kappa shape index (κ1) is 15.0. The van der Waals surface area contributed by atoms with Crippen LogP contribution in [-0.2, 0) is 14.9 Å². The van der Waals surface area contributed by atoms with E-state index in [2.05, 4.69) is 43.5 Å². The highest BCUT2D eigenvalue weighted by Gasteiger charge is 2.29. The van der Waals surface area contributed by atoms with Gasteiger partial charge in [-0.2, -0.15) is 0 Å². The van der Waals surface area contributed by atoms with Gasteiger partial charge in [-0.05, 0) is 29.5 Å². The topological polar surface area (TPSA) is 50.4 Å². The summed E-state index contributed by atoms with van der Waals surface area (Å²) in [4.78, 5) is 12.1. The maximum atomic E-state index is 12.1. The Hall–Kier alpha value is -1.39. The average molecular weight is 276 g/mol. The zero-order chi connectivity index (χ0) is 14.8. The Bertz CT molecular complexity index is 462. The van der Waals surface area contributed by atoms with Crippen LogP contribution in [0.5, 0.6) is 0 Å². The first-order chi connectivity index (χ1) is 9.40. The first-order valence-corrected chi connectivity index (χ1v) is 7.08. The van der Waals surface area contributed by atoms with Crippen LogP contribution in [0.3, 0.4) is 0 Å². The number of nitrogens with one attached hydrogen (secondary N) is 2. The van der Waals surface area contributed by atoms with E-state index in [1.54, 1.807) is 7.11 Å². The molecule has 1 aliphatic heterocycles. The van der Waals surface area contributed by atoms with Crippen LogP contribution in [0.4, 0.5) is 5.69 Å². The molecule has 2 unspecified atom stereocenters. The van der Waals surface area contributed by atoms with E-state index < -0.39 is 0 Å². The Kier molecular flexibility index (Phi) is 4.45. The van der Waals surface area contributed by atoms with Crippen molar-refractivity contribution in [3.63, 3.8) is 0 Å². The molecule has 0 aromatic heterocycles. The summed E-state index contributed by atoms with van der Waals surface area (Å²) < 4.78 is 5.25. The zero-order valence-electron chi connectivity index (χ0n) is 12.7. The molecule has 2 rings (SSSR count). The van der Waals surface area contributed by atoms with Gasteiger partial charge in [0.2, 0.25) is 5.91 Å². The smallest absolute Gasteiger partial charge is 0.241 e. The molecule has 0 saturated carbocycles. The Morgan fingerprint density at radius 3 is 2.45 bits per heavy atom. The van der Waals surface area contributed by atoms with Gasteiger partial charge in [0.15, 0.2) is 0 Å². The molecule has 0 radical (unpaired) electrons. The molecule has 1 aromatic rings. The number of methoxy groups -OCH3 is 1. The highest BCUT2D eigenvalue weighted by Crippen LogP contribution is 2.23. The number of carbonyl (C=O) groups excluding carboxylic acids is 1. The molecule has 0 bridgehead atoms. The highest BCUT2D eigenvalue weighted by molar-refractivity contribution is 5.95. The quantitative estimate of drug-likeness (QED) is 0.890. The Balaban J connectivity index is 1.95. The van der Waals surface area contributed by atoms with E-state index in [1.807, 2.05) is 12.1 Å². The summed E-state index contributed by atoms with van der Waals surface area (Å²) in [5.41, 5.74) is 2.22. The van der Waals surface area contributed by atoms with Crippen molar-refractivity contribution < 1.29 is 9.53 Å². The fourth-order valence-corrected chi connectivity index (χ4v) is 2.37. The summed E-state index contributed by atoms with van der Waals surface area (Å²) in [7, 11) is 1.68. The van der Waals surface area contributed by atoms with Gasteiger partial charge >= 0.3 is 0 Å². The molecule has 20 heavy (non-hydrogen) atoms. The molecule has 1 saturated heterocycles. The fourth-order valence-electron chi connectivity index (χ4n) is 2.37. The minimum Gasteiger partial charge on any atom is -0.380 e. The van der Waals surface area contributed by atoms with E-state index in [-0.39, 0.29) is 23.5 Å². The normalized spacial score (nSPS) is 22.8. The van der Waals surface area contributed by atoms with E-state index in [9.17, 15) is 4.79 Å². The highest BCUT2D eigenvalue weighted by atomic mass is 16.5. The molecule has 0 aliphatic carbocycles. The van der Waals surface area contributed by atoms with Crippen LogP contribution in [-0.4, -0.2) is 31.7 Å². The third-order valence-corrected chi connectivity index (χ3v) is 3.76. The molecule has 4 nitrogen and oxygen atoms in total. The van der Waals surface area contributed by atoms with Crippen LogP contribution in [0.25, 0.3) is 0 Å². The van der Waals surface area contributed by atoms with E-state index in [1.165, 1.54) is 5.56 Å². The van der Waals surface area contributed by atoms with Gasteiger partial charge in [-0.15, -0.1) is 0 Å². The third-order valence-electron chi connectivity index (χ3n) is 3.76. The van der Waals surface area contributed by atoms with Crippen LogP contribution >= 0.6 is 0 Å². The summed E-state index contributed by atoms with van der Waals surface area (Å²) in [5, 5.41) is 6.13. The Morgan fingerprint density at radius 1 is 1.30 bits per heavy atom. The van der Waals surface area contributed by atoms with Gasteiger partial charge in [0, 0.05) is 19.3 Å². The van der Waals surface area contributed by atoms with Crippen molar-refractivity contribution in [3.8, 4) is 0 Å². The largest absolute Gasteiger partial charge is 0.380 e. The molecule has 4 heteroatoms. The summed E-state index contributed by atoms with van der Waals surface area (Å²) in [5.74, 6) is 0.00746. The van der Waals surface area contributed by atoms with Gasteiger partial charge in [-0.3, -0.25) is 4.79 Å². The molecular weight excluding hydrogens is 252 g/mol. The number of rotatable bonds is 3. The second kappa shape index (κ2) is 5.94. The van der Waals surface area contributed by atoms with Crippen LogP contribution in [0.1, 0.15) is 32.8 Å². The minimum absolute atomic E-state index is 0.00746. The summed E-state index contributed by atoms with van der Waals surface area (Å²) in [6.07, 6.45) is 0.858. The summed E-state index contributed by atoms with van der Waals surface area (Å²) in [6, 6.07) is 7.88. The van der Waals surface area contributed by atoms with Crippen LogP contribution in [0.15, 0.2) is 24.3 Å². The van der Waals surface area contributed by atoms with Gasteiger partial charge in [0.25, 0.3) is 0 Å². The lowest BCUT2D eigenvalue weighted by molar-refractivity contribution is -0.118. The molecule has 2 N–H and O–H groups in total. The maximum Gasteiger partial charge on any atom is 0.241 e. The first-order valence-electron chi connectivity index (χ1n) is 7.08. The van der Waals surface area contributed by atoms with Crippen molar-refractivity contribution in [1.29, 1.82) is 0 Å². The standard InChI is InChI=1S/C16H24N2O2/c1-16(2,3)11-5-7-12(8-6-11)18-15(19)14-9-13(20-4)10-17-14/h5-8,13-14,17H,9-10H2,1-4H3,(H,18,19). The molecule has 1 amide bonds. The lowest BCUT2D eigenvalue weighted by Gasteiger charge is -2.19. The molecule has 110 valence electrons. The average Bonchev–Trinajstić information content (AvgIpc) is 2.87. The van der Waals surface area contributed by atoms with Gasteiger partial charge in [0.1, 0.15) is 0 Å².